The van der Waals surface area contributed by atoms with Crippen molar-refractivity contribution in [3.8, 4) is 0 Å². The lowest BCUT2D eigenvalue weighted by Crippen LogP contribution is -1.93. The predicted octanol–water partition coefficient (Wildman–Crippen LogP) is 2.66. The molecule has 0 fully saturated rings. The minimum absolute atomic E-state index is 0.722. The Morgan fingerprint density at radius 2 is 2.12 bits per heavy atom. The number of aromatic nitrogens is 2. The maximum absolute atomic E-state index is 5.81. The molecule has 2 heterocycles. The van der Waals surface area contributed by atoms with Crippen molar-refractivity contribution in [1.29, 1.82) is 0 Å². The Kier molecular flexibility index (Phi) is 3.41. The van der Waals surface area contributed by atoms with Gasteiger partial charge in [0, 0.05) is 17.6 Å². The molecule has 0 atom stereocenters. The van der Waals surface area contributed by atoms with Gasteiger partial charge in [0.2, 0.25) is 0 Å². The van der Waals surface area contributed by atoms with Crippen LogP contribution in [-0.2, 0) is 5.75 Å². The molecule has 2 rings (SSSR count). The minimum Gasteiger partial charge on any atom is -0.397 e. The number of nitrogens with two attached hydrogens (primary N) is 1. The molecule has 16 heavy (non-hydrogen) atoms. The Hall–Kier alpha value is -1.55. The number of nitrogen functional groups attached to an aromatic ring is 1. The molecule has 0 radical (unpaired) electrons. The zero-order chi connectivity index (χ0) is 11.4. The molecule has 0 aliphatic heterocycles. The summed E-state index contributed by atoms with van der Waals surface area (Å²) in [6.45, 7) is 1.99. The number of thioether (sulfide) groups is 1. The Bertz CT molecular complexity index is 485. The molecule has 82 valence electrons. The average molecular weight is 231 g/mol. The van der Waals surface area contributed by atoms with Gasteiger partial charge in [0.25, 0.3) is 0 Å². The fourth-order valence-electron chi connectivity index (χ4n) is 1.35. The maximum Gasteiger partial charge on any atom is 0.119 e. The minimum atomic E-state index is 0.722. The van der Waals surface area contributed by atoms with Gasteiger partial charge in [0.05, 0.1) is 11.4 Å². The number of pyridine rings is 2. The summed E-state index contributed by atoms with van der Waals surface area (Å²) >= 11 is 1.61. The van der Waals surface area contributed by atoms with Crippen LogP contribution in [0.5, 0.6) is 0 Å². The molecule has 0 unspecified atom stereocenters. The topological polar surface area (TPSA) is 51.8 Å². The molecule has 0 aromatic carbocycles. The smallest absolute Gasteiger partial charge is 0.119 e. The van der Waals surface area contributed by atoms with E-state index in [4.69, 9.17) is 5.73 Å². The highest BCUT2D eigenvalue weighted by atomic mass is 32.2. The summed E-state index contributed by atoms with van der Waals surface area (Å²) in [6, 6.07) is 9.71. The Morgan fingerprint density at radius 1 is 1.25 bits per heavy atom. The Balaban J connectivity index is 2.05. The molecule has 4 heteroatoms. The molecule has 0 aliphatic carbocycles. The van der Waals surface area contributed by atoms with Crippen molar-refractivity contribution < 1.29 is 0 Å². The lowest BCUT2D eigenvalue weighted by Gasteiger charge is -2.03. The van der Waals surface area contributed by atoms with E-state index in [-0.39, 0.29) is 0 Å². The molecule has 2 N–H and O–H groups in total. The van der Waals surface area contributed by atoms with E-state index in [1.807, 2.05) is 37.3 Å². The third-order valence-corrected chi connectivity index (χ3v) is 3.16. The van der Waals surface area contributed by atoms with E-state index in [0.29, 0.717) is 0 Å². The van der Waals surface area contributed by atoms with Gasteiger partial charge in [0.15, 0.2) is 0 Å². The maximum atomic E-state index is 5.81. The molecular formula is C12H13N3S. The molecule has 2 aromatic rings. The van der Waals surface area contributed by atoms with Crippen molar-refractivity contribution in [3.05, 3.63) is 47.9 Å². The SMILES string of the molecule is Cc1cccc(CSc2ncccc2N)n1. The summed E-state index contributed by atoms with van der Waals surface area (Å²) in [4.78, 5) is 8.65. The first-order chi connectivity index (χ1) is 7.75. The lowest BCUT2D eigenvalue weighted by atomic mass is 10.3. The van der Waals surface area contributed by atoms with Gasteiger partial charge >= 0.3 is 0 Å². The monoisotopic (exact) mass is 231 g/mol. The van der Waals surface area contributed by atoms with E-state index in [1.54, 1.807) is 18.0 Å². The van der Waals surface area contributed by atoms with Crippen LogP contribution in [0.2, 0.25) is 0 Å². The summed E-state index contributed by atoms with van der Waals surface area (Å²) in [7, 11) is 0. The fraction of sp³-hybridized carbons (Fsp3) is 0.167. The molecule has 0 saturated heterocycles. The third kappa shape index (κ3) is 2.73. The second-order valence-corrected chi connectivity index (χ2v) is 4.42. The van der Waals surface area contributed by atoms with Crippen LogP contribution in [0.1, 0.15) is 11.4 Å². The van der Waals surface area contributed by atoms with Crippen molar-refractivity contribution in [1.82, 2.24) is 9.97 Å². The molecule has 2 aromatic heterocycles. The van der Waals surface area contributed by atoms with E-state index in [2.05, 4.69) is 9.97 Å². The second-order valence-electron chi connectivity index (χ2n) is 3.46. The molecule has 0 spiro atoms. The number of rotatable bonds is 3. The summed E-state index contributed by atoms with van der Waals surface area (Å²) in [5, 5.41) is 0.866. The predicted molar refractivity (Wildman–Crippen MR) is 67.2 cm³/mol. The summed E-state index contributed by atoms with van der Waals surface area (Å²) in [5.74, 6) is 0.795. The first kappa shape index (κ1) is 11.0. The van der Waals surface area contributed by atoms with Gasteiger partial charge in [-0.1, -0.05) is 17.8 Å². The van der Waals surface area contributed by atoms with Crippen LogP contribution in [0.3, 0.4) is 0 Å². The number of aryl methyl sites for hydroxylation is 1. The molecule has 0 bridgehead atoms. The Morgan fingerprint density at radius 3 is 2.88 bits per heavy atom. The molecule has 3 nitrogen and oxygen atoms in total. The largest absolute Gasteiger partial charge is 0.397 e. The first-order valence-corrected chi connectivity index (χ1v) is 6.00. The summed E-state index contributed by atoms with van der Waals surface area (Å²) in [5.41, 5.74) is 8.62. The summed E-state index contributed by atoms with van der Waals surface area (Å²) < 4.78 is 0. The fourth-order valence-corrected chi connectivity index (χ4v) is 2.16. The van der Waals surface area contributed by atoms with Crippen LogP contribution in [0.25, 0.3) is 0 Å². The van der Waals surface area contributed by atoms with Crippen LogP contribution in [0, 0.1) is 6.92 Å². The highest BCUT2D eigenvalue weighted by Crippen LogP contribution is 2.24. The van der Waals surface area contributed by atoms with E-state index >= 15 is 0 Å². The van der Waals surface area contributed by atoms with Gasteiger partial charge < -0.3 is 5.73 Å². The van der Waals surface area contributed by atoms with Crippen molar-refractivity contribution in [2.75, 3.05) is 5.73 Å². The van der Waals surface area contributed by atoms with Gasteiger partial charge in [-0.3, -0.25) is 4.98 Å². The quantitative estimate of drug-likeness (QED) is 0.825. The van der Waals surface area contributed by atoms with Crippen molar-refractivity contribution in [2.24, 2.45) is 0 Å². The number of nitrogens with zero attached hydrogens (tertiary/aromatic N) is 2. The second kappa shape index (κ2) is 4.99. The first-order valence-electron chi connectivity index (χ1n) is 5.01. The normalized spacial score (nSPS) is 10.3. The molecule has 0 saturated carbocycles. The standard InChI is InChI=1S/C12H13N3S/c1-9-4-2-5-10(15-9)8-16-12-11(13)6-3-7-14-12/h2-7H,8,13H2,1H3. The van der Waals surface area contributed by atoms with Crippen molar-refractivity contribution in [3.63, 3.8) is 0 Å². The van der Waals surface area contributed by atoms with Gasteiger partial charge in [-0.15, -0.1) is 0 Å². The van der Waals surface area contributed by atoms with E-state index in [0.717, 1.165) is 27.9 Å². The van der Waals surface area contributed by atoms with E-state index < -0.39 is 0 Å². The van der Waals surface area contributed by atoms with Crippen LogP contribution < -0.4 is 5.73 Å². The zero-order valence-corrected chi connectivity index (χ0v) is 9.87. The van der Waals surface area contributed by atoms with Crippen LogP contribution in [0.15, 0.2) is 41.6 Å². The van der Waals surface area contributed by atoms with E-state index in [9.17, 15) is 0 Å². The third-order valence-electron chi connectivity index (χ3n) is 2.10. The van der Waals surface area contributed by atoms with Gasteiger partial charge in [-0.05, 0) is 31.2 Å². The van der Waals surface area contributed by atoms with E-state index in [1.165, 1.54) is 0 Å². The highest BCUT2D eigenvalue weighted by Gasteiger charge is 2.02. The number of anilines is 1. The van der Waals surface area contributed by atoms with Crippen LogP contribution >= 0.6 is 11.8 Å². The van der Waals surface area contributed by atoms with Crippen LogP contribution in [-0.4, -0.2) is 9.97 Å². The average Bonchev–Trinajstić information content (AvgIpc) is 2.28. The Labute approximate surface area is 99.1 Å². The van der Waals surface area contributed by atoms with Crippen LogP contribution in [0.4, 0.5) is 5.69 Å². The lowest BCUT2D eigenvalue weighted by molar-refractivity contribution is 1.09. The number of hydrogen-bond donors (Lipinski definition) is 1. The molecule has 0 aliphatic rings. The number of hydrogen-bond acceptors (Lipinski definition) is 4. The van der Waals surface area contributed by atoms with Crippen molar-refractivity contribution in [2.45, 2.75) is 17.7 Å². The molecular weight excluding hydrogens is 218 g/mol. The zero-order valence-electron chi connectivity index (χ0n) is 9.05. The van der Waals surface area contributed by atoms with Gasteiger partial charge in [-0.25, -0.2) is 4.98 Å². The van der Waals surface area contributed by atoms with Gasteiger partial charge in [-0.2, -0.15) is 0 Å². The van der Waals surface area contributed by atoms with Gasteiger partial charge in [0.1, 0.15) is 5.03 Å². The van der Waals surface area contributed by atoms with Crippen molar-refractivity contribution >= 4 is 17.4 Å². The molecule has 0 amide bonds. The summed E-state index contributed by atoms with van der Waals surface area (Å²) in [6.07, 6.45) is 1.75. The highest BCUT2D eigenvalue weighted by molar-refractivity contribution is 7.98.